The summed E-state index contributed by atoms with van der Waals surface area (Å²) < 4.78 is 1.89. The summed E-state index contributed by atoms with van der Waals surface area (Å²) in [6, 6.07) is 6.37. The Hall–Kier alpha value is -1.31. The van der Waals surface area contributed by atoms with Crippen molar-refractivity contribution in [3.05, 3.63) is 36.2 Å². The van der Waals surface area contributed by atoms with Crippen LogP contribution in [-0.2, 0) is 6.42 Å². The fourth-order valence-electron chi connectivity index (χ4n) is 1.57. The van der Waals surface area contributed by atoms with E-state index in [1.54, 1.807) is 0 Å². The first kappa shape index (κ1) is 8.30. The smallest absolute Gasteiger partial charge is 0.0664 e. The Morgan fingerprint density at radius 3 is 3.00 bits per heavy atom. The summed E-state index contributed by atoms with van der Waals surface area (Å²) in [7, 11) is 0. The number of nitrogens with zero attached hydrogens (tertiary/aromatic N) is 2. The van der Waals surface area contributed by atoms with Crippen LogP contribution in [0.4, 0.5) is 0 Å². The standard InChI is InChI=1S/C11H14N2/c1-9(2)7-10-4-6-13-11(8-10)3-5-12-13/h3-6,8-9H,7H2,1-2H3. The number of fused-ring (bicyclic) bond motifs is 1. The Balaban J connectivity index is 2.37. The number of rotatable bonds is 2. The van der Waals surface area contributed by atoms with E-state index in [0.717, 1.165) is 6.42 Å². The van der Waals surface area contributed by atoms with Crippen LogP contribution in [0.2, 0.25) is 0 Å². The Morgan fingerprint density at radius 1 is 1.38 bits per heavy atom. The summed E-state index contributed by atoms with van der Waals surface area (Å²) in [5.74, 6) is 0.713. The van der Waals surface area contributed by atoms with Crippen molar-refractivity contribution >= 4 is 5.52 Å². The molecular weight excluding hydrogens is 160 g/mol. The van der Waals surface area contributed by atoms with E-state index in [-0.39, 0.29) is 0 Å². The van der Waals surface area contributed by atoms with Crippen LogP contribution in [0.3, 0.4) is 0 Å². The van der Waals surface area contributed by atoms with Gasteiger partial charge < -0.3 is 0 Å². The molecule has 2 nitrogen and oxygen atoms in total. The van der Waals surface area contributed by atoms with E-state index >= 15 is 0 Å². The topological polar surface area (TPSA) is 17.3 Å². The molecule has 68 valence electrons. The molecule has 0 saturated heterocycles. The Labute approximate surface area is 78.2 Å². The van der Waals surface area contributed by atoms with Gasteiger partial charge in [0.1, 0.15) is 0 Å². The summed E-state index contributed by atoms with van der Waals surface area (Å²) in [5, 5.41) is 4.16. The van der Waals surface area contributed by atoms with E-state index in [9.17, 15) is 0 Å². The molecule has 0 bridgehead atoms. The van der Waals surface area contributed by atoms with Gasteiger partial charge in [-0.2, -0.15) is 5.10 Å². The lowest BCUT2D eigenvalue weighted by molar-refractivity contribution is 0.646. The minimum absolute atomic E-state index is 0.713. The molecule has 2 heterocycles. The maximum atomic E-state index is 4.16. The summed E-state index contributed by atoms with van der Waals surface area (Å²) in [5.41, 5.74) is 2.57. The van der Waals surface area contributed by atoms with Crippen molar-refractivity contribution in [2.24, 2.45) is 5.92 Å². The second kappa shape index (κ2) is 3.21. The predicted molar refractivity (Wildman–Crippen MR) is 53.7 cm³/mol. The van der Waals surface area contributed by atoms with Gasteiger partial charge in [0.2, 0.25) is 0 Å². The molecule has 2 heteroatoms. The third kappa shape index (κ3) is 1.72. The molecule has 2 rings (SSSR count). The number of aromatic nitrogens is 2. The van der Waals surface area contributed by atoms with Gasteiger partial charge in [0.05, 0.1) is 5.52 Å². The van der Waals surface area contributed by atoms with Crippen LogP contribution in [0.25, 0.3) is 5.52 Å². The second-order valence-corrected chi connectivity index (χ2v) is 3.83. The van der Waals surface area contributed by atoms with Crippen molar-refractivity contribution in [3.8, 4) is 0 Å². The van der Waals surface area contributed by atoms with E-state index in [2.05, 4.69) is 31.1 Å². The third-order valence-corrected chi connectivity index (χ3v) is 2.11. The van der Waals surface area contributed by atoms with Gasteiger partial charge in [0, 0.05) is 12.4 Å². The highest BCUT2D eigenvalue weighted by Gasteiger charge is 1.99. The zero-order valence-electron chi connectivity index (χ0n) is 8.07. The molecule has 0 atom stereocenters. The van der Waals surface area contributed by atoms with Crippen LogP contribution >= 0.6 is 0 Å². The van der Waals surface area contributed by atoms with Gasteiger partial charge in [0.25, 0.3) is 0 Å². The molecule has 0 aliphatic rings. The van der Waals surface area contributed by atoms with Gasteiger partial charge >= 0.3 is 0 Å². The zero-order valence-corrected chi connectivity index (χ0v) is 8.07. The molecule has 0 saturated carbocycles. The normalized spacial score (nSPS) is 11.3. The molecule has 0 aliphatic carbocycles. The molecule has 0 aliphatic heterocycles. The zero-order chi connectivity index (χ0) is 9.26. The Bertz CT molecular complexity index is 401. The maximum absolute atomic E-state index is 4.16. The molecular formula is C11H14N2. The van der Waals surface area contributed by atoms with Crippen LogP contribution in [0, 0.1) is 5.92 Å². The van der Waals surface area contributed by atoms with Crippen molar-refractivity contribution in [1.29, 1.82) is 0 Å². The molecule has 0 fully saturated rings. The lowest BCUT2D eigenvalue weighted by Crippen LogP contribution is -1.95. The molecule has 0 amide bonds. The largest absolute Gasteiger partial charge is 0.241 e. The van der Waals surface area contributed by atoms with Gasteiger partial charge in [-0.3, -0.25) is 0 Å². The molecule has 2 aromatic heterocycles. The maximum Gasteiger partial charge on any atom is 0.0664 e. The van der Waals surface area contributed by atoms with E-state index in [0.29, 0.717) is 5.92 Å². The third-order valence-electron chi connectivity index (χ3n) is 2.11. The highest BCUT2D eigenvalue weighted by Crippen LogP contribution is 2.10. The van der Waals surface area contributed by atoms with E-state index in [4.69, 9.17) is 0 Å². The second-order valence-electron chi connectivity index (χ2n) is 3.83. The van der Waals surface area contributed by atoms with Crippen LogP contribution in [0.15, 0.2) is 30.6 Å². The van der Waals surface area contributed by atoms with E-state index in [1.807, 2.05) is 23.0 Å². The number of hydrogen-bond acceptors (Lipinski definition) is 1. The molecule has 0 spiro atoms. The predicted octanol–water partition coefficient (Wildman–Crippen LogP) is 2.53. The first-order valence-electron chi connectivity index (χ1n) is 4.68. The van der Waals surface area contributed by atoms with Gasteiger partial charge in [0.15, 0.2) is 0 Å². The molecule has 13 heavy (non-hydrogen) atoms. The van der Waals surface area contributed by atoms with Crippen LogP contribution < -0.4 is 0 Å². The Kier molecular flexibility index (Phi) is 2.05. The lowest BCUT2D eigenvalue weighted by Gasteiger charge is -2.04. The minimum Gasteiger partial charge on any atom is -0.241 e. The molecule has 0 aromatic carbocycles. The molecule has 2 aromatic rings. The van der Waals surface area contributed by atoms with E-state index < -0.39 is 0 Å². The van der Waals surface area contributed by atoms with Gasteiger partial charge in [-0.1, -0.05) is 13.8 Å². The van der Waals surface area contributed by atoms with Crippen molar-refractivity contribution < 1.29 is 0 Å². The van der Waals surface area contributed by atoms with Gasteiger partial charge in [-0.05, 0) is 36.1 Å². The highest BCUT2D eigenvalue weighted by atomic mass is 15.2. The average Bonchev–Trinajstić information content (AvgIpc) is 2.49. The SMILES string of the molecule is CC(C)Cc1ccn2nccc2c1. The van der Waals surface area contributed by atoms with Crippen LogP contribution in [0.1, 0.15) is 19.4 Å². The molecule has 0 N–H and O–H groups in total. The van der Waals surface area contributed by atoms with Gasteiger partial charge in [-0.25, -0.2) is 4.52 Å². The average molecular weight is 174 g/mol. The summed E-state index contributed by atoms with van der Waals surface area (Å²) in [6.45, 7) is 4.47. The summed E-state index contributed by atoms with van der Waals surface area (Å²) >= 11 is 0. The fraction of sp³-hybridized carbons (Fsp3) is 0.364. The van der Waals surface area contributed by atoms with E-state index in [1.165, 1.54) is 11.1 Å². The highest BCUT2D eigenvalue weighted by molar-refractivity contribution is 5.47. The fourth-order valence-corrected chi connectivity index (χ4v) is 1.57. The quantitative estimate of drug-likeness (QED) is 0.684. The molecule has 0 radical (unpaired) electrons. The number of hydrogen-bond donors (Lipinski definition) is 0. The monoisotopic (exact) mass is 174 g/mol. The Morgan fingerprint density at radius 2 is 2.23 bits per heavy atom. The van der Waals surface area contributed by atoms with Crippen LogP contribution in [-0.4, -0.2) is 9.61 Å². The number of pyridine rings is 1. The first-order chi connectivity index (χ1) is 6.25. The van der Waals surface area contributed by atoms with Crippen molar-refractivity contribution in [3.63, 3.8) is 0 Å². The summed E-state index contributed by atoms with van der Waals surface area (Å²) in [6.07, 6.45) is 4.99. The van der Waals surface area contributed by atoms with Crippen molar-refractivity contribution in [1.82, 2.24) is 9.61 Å². The van der Waals surface area contributed by atoms with Crippen LogP contribution in [0.5, 0.6) is 0 Å². The van der Waals surface area contributed by atoms with Crippen molar-refractivity contribution in [2.75, 3.05) is 0 Å². The van der Waals surface area contributed by atoms with Crippen molar-refractivity contribution in [2.45, 2.75) is 20.3 Å². The summed E-state index contributed by atoms with van der Waals surface area (Å²) in [4.78, 5) is 0. The first-order valence-corrected chi connectivity index (χ1v) is 4.68. The van der Waals surface area contributed by atoms with Gasteiger partial charge in [-0.15, -0.1) is 0 Å². The lowest BCUT2D eigenvalue weighted by atomic mass is 10.0. The molecule has 0 unspecified atom stereocenters. The minimum atomic E-state index is 0.713.